The number of hydrogen-bond acceptors (Lipinski definition) is 5. The van der Waals surface area contributed by atoms with E-state index in [1.807, 2.05) is 0 Å². The summed E-state index contributed by atoms with van der Waals surface area (Å²) in [5.41, 5.74) is 4.96. The minimum atomic E-state index is -0.655. The average molecular weight is 207 g/mol. The molecule has 1 aliphatic rings. The van der Waals surface area contributed by atoms with Crippen LogP contribution in [0.25, 0.3) is 0 Å². The molecule has 0 aliphatic heterocycles. The maximum Gasteiger partial charge on any atom is 0.321 e. The van der Waals surface area contributed by atoms with Crippen LogP contribution in [-0.2, 0) is 0 Å². The Labute approximate surface area is 85.3 Å². The van der Waals surface area contributed by atoms with Gasteiger partial charge in [-0.15, -0.1) is 0 Å². The summed E-state index contributed by atoms with van der Waals surface area (Å²) in [5.74, 6) is -0.369. The van der Waals surface area contributed by atoms with Gasteiger partial charge in [-0.1, -0.05) is 0 Å². The molecule has 1 aromatic heterocycles. The first-order valence-corrected chi connectivity index (χ1v) is 4.54. The molecule has 1 fully saturated rings. The normalized spacial score (nSPS) is 14.9. The first kappa shape index (κ1) is 9.57. The number of rotatable bonds is 3. The van der Waals surface area contributed by atoms with Gasteiger partial charge in [0.1, 0.15) is 5.69 Å². The first-order valence-electron chi connectivity index (χ1n) is 4.54. The molecule has 1 heterocycles. The van der Waals surface area contributed by atoms with Crippen LogP contribution in [0.2, 0.25) is 0 Å². The van der Waals surface area contributed by atoms with Crippen LogP contribution in [0, 0.1) is 16.0 Å². The van der Waals surface area contributed by atoms with Crippen LogP contribution in [-0.4, -0.2) is 15.7 Å². The van der Waals surface area contributed by atoms with Crippen molar-refractivity contribution in [2.45, 2.75) is 12.8 Å². The van der Waals surface area contributed by atoms with Crippen molar-refractivity contribution in [1.29, 1.82) is 0 Å². The van der Waals surface area contributed by atoms with Gasteiger partial charge in [-0.3, -0.25) is 14.9 Å². The summed E-state index contributed by atoms with van der Waals surface area (Å²) >= 11 is 0. The fourth-order valence-electron chi connectivity index (χ4n) is 1.38. The zero-order valence-electron chi connectivity index (χ0n) is 7.84. The van der Waals surface area contributed by atoms with Crippen molar-refractivity contribution in [3.63, 3.8) is 0 Å². The van der Waals surface area contributed by atoms with E-state index in [-0.39, 0.29) is 28.8 Å². The SMILES string of the molecule is Nc1ccnc(C(=O)C2CC2)c1[N+](=O)[O-]. The number of nitrogen functional groups attached to an aromatic ring is 1. The van der Waals surface area contributed by atoms with Crippen LogP contribution in [0.5, 0.6) is 0 Å². The molecule has 2 N–H and O–H groups in total. The third-order valence-corrected chi connectivity index (χ3v) is 2.32. The van der Waals surface area contributed by atoms with Gasteiger partial charge in [0.25, 0.3) is 0 Å². The number of nitrogens with zero attached hydrogens (tertiary/aromatic N) is 2. The van der Waals surface area contributed by atoms with Crippen LogP contribution in [0.1, 0.15) is 23.3 Å². The smallest absolute Gasteiger partial charge is 0.321 e. The van der Waals surface area contributed by atoms with Crippen molar-refractivity contribution in [1.82, 2.24) is 4.98 Å². The molecule has 0 unspecified atom stereocenters. The number of ketones is 1. The molecular weight excluding hydrogens is 198 g/mol. The lowest BCUT2D eigenvalue weighted by Gasteiger charge is -2.01. The number of nitro groups is 1. The summed E-state index contributed by atoms with van der Waals surface area (Å²) in [7, 11) is 0. The van der Waals surface area contributed by atoms with Crippen LogP contribution in [0.4, 0.5) is 11.4 Å². The molecule has 1 aromatic rings. The standard InChI is InChI=1S/C9H9N3O3/c10-6-3-4-11-7(8(6)12(14)15)9(13)5-1-2-5/h3-5H,1-2H2,(H2,10,11). The molecule has 0 aromatic carbocycles. The van der Waals surface area contributed by atoms with E-state index in [2.05, 4.69) is 4.98 Å². The number of carbonyl (C=O) groups is 1. The number of hydrogen-bond donors (Lipinski definition) is 1. The van der Waals surface area contributed by atoms with Crippen LogP contribution < -0.4 is 5.73 Å². The minimum Gasteiger partial charge on any atom is -0.393 e. The molecule has 0 spiro atoms. The number of Topliss-reactive ketones (excluding diaryl/α,β-unsaturated/α-hetero) is 1. The summed E-state index contributed by atoms with van der Waals surface area (Å²) < 4.78 is 0. The van der Waals surface area contributed by atoms with Crippen molar-refractivity contribution in [3.8, 4) is 0 Å². The van der Waals surface area contributed by atoms with Crippen LogP contribution >= 0.6 is 0 Å². The predicted molar refractivity (Wildman–Crippen MR) is 52.4 cm³/mol. The predicted octanol–water partition coefficient (Wildman–Crippen LogP) is 1.16. The Hall–Kier alpha value is -1.98. The Morgan fingerprint density at radius 3 is 2.80 bits per heavy atom. The highest BCUT2D eigenvalue weighted by molar-refractivity contribution is 6.02. The van der Waals surface area contributed by atoms with Crippen molar-refractivity contribution < 1.29 is 9.72 Å². The van der Waals surface area contributed by atoms with Gasteiger partial charge in [-0.2, -0.15) is 0 Å². The molecule has 0 atom stereocenters. The fraction of sp³-hybridized carbons (Fsp3) is 0.333. The molecule has 78 valence electrons. The second-order valence-electron chi connectivity index (χ2n) is 3.49. The molecular formula is C9H9N3O3. The van der Waals surface area contributed by atoms with E-state index in [1.54, 1.807) is 0 Å². The zero-order valence-corrected chi connectivity index (χ0v) is 7.84. The van der Waals surface area contributed by atoms with Gasteiger partial charge < -0.3 is 5.73 Å². The Morgan fingerprint density at radius 1 is 1.60 bits per heavy atom. The maximum atomic E-state index is 11.7. The topological polar surface area (TPSA) is 99.1 Å². The molecule has 1 aliphatic carbocycles. The molecule has 0 radical (unpaired) electrons. The van der Waals surface area contributed by atoms with E-state index >= 15 is 0 Å². The van der Waals surface area contributed by atoms with Gasteiger partial charge in [0.15, 0.2) is 11.5 Å². The number of anilines is 1. The highest BCUT2D eigenvalue weighted by atomic mass is 16.6. The lowest BCUT2D eigenvalue weighted by molar-refractivity contribution is -0.384. The molecule has 2 rings (SSSR count). The Kier molecular flexibility index (Phi) is 2.11. The Balaban J connectivity index is 2.49. The lowest BCUT2D eigenvalue weighted by atomic mass is 10.1. The van der Waals surface area contributed by atoms with Gasteiger partial charge in [-0.05, 0) is 18.9 Å². The first-order chi connectivity index (χ1) is 7.11. The van der Waals surface area contributed by atoms with Crippen molar-refractivity contribution in [2.75, 3.05) is 5.73 Å². The fourth-order valence-corrected chi connectivity index (χ4v) is 1.38. The van der Waals surface area contributed by atoms with Gasteiger partial charge in [0, 0.05) is 12.1 Å². The number of carbonyl (C=O) groups excluding carboxylic acids is 1. The summed E-state index contributed by atoms with van der Waals surface area (Å²) in [5, 5.41) is 10.7. The number of pyridine rings is 1. The number of aromatic nitrogens is 1. The summed E-state index contributed by atoms with van der Waals surface area (Å²) in [6.45, 7) is 0. The highest BCUT2D eigenvalue weighted by Gasteiger charge is 2.36. The quantitative estimate of drug-likeness (QED) is 0.455. The van der Waals surface area contributed by atoms with E-state index in [4.69, 9.17) is 5.73 Å². The molecule has 1 saturated carbocycles. The molecule has 0 bridgehead atoms. The van der Waals surface area contributed by atoms with Gasteiger partial charge in [0.05, 0.1) is 4.92 Å². The third-order valence-electron chi connectivity index (χ3n) is 2.32. The third kappa shape index (κ3) is 1.65. The van der Waals surface area contributed by atoms with Gasteiger partial charge >= 0.3 is 5.69 Å². The van der Waals surface area contributed by atoms with E-state index in [1.165, 1.54) is 12.3 Å². The molecule has 15 heavy (non-hydrogen) atoms. The maximum absolute atomic E-state index is 11.7. The molecule has 6 heteroatoms. The monoisotopic (exact) mass is 207 g/mol. The summed E-state index contributed by atoms with van der Waals surface area (Å²) in [4.78, 5) is 25.5. The van der Waals surface area contributed by atoms with Crippen molar-refractivity contribution >= 4 is 17.2 Å². The average Bonchev–Trinajstić information content (AvgIpc) is 2.98. The van der Waals surface area contributed by atoms with Crippen LogP contribution in [0.15, 0.2) is 12.3 Å². The largest absolute Gasteiger partial charge is 0.393 e. The molecule has 0 amide bonds. The Bertz CT molecular complexity index is 440. The summed E-state index contributed by atoms with van der Waals surface area (Å²) in [6, 6.07) is 1.32. The van der Waals surface area contributed by atoms with Gasteiger partial charge in [0.2, 0.25) is 0 Å². The number of nitrogens with two attached hydrogens (primary N) is 1. The Morgan fingerprint density at radius 2 is 2.27 bits per heavy atom. The van der Waals surface area contributed by atoms with E-state index in [0.29, 0.717) is 0 Å². The van der Waals surface area contributed by atoms with Crippen molar-refractivity contribution in [2.24, 2.45) is 5.92 Å². The summed E-state index contributed by atoms with van der Waals surface area (Å²) in [6.07, 6.45) is 2.89. The molecule has 0 saturated heterocycles. The lowest BCUT2D eigenvalue weighted by Crippen LogP contribution is -2.10. The minimum absolute atomic E-state index is 0.0148. The second-order valence-corrected chi connectivity index (χ2v) is 3.49. The van der Waals surface area contributed by atoms with E-state index in [0.717, 1.165) is 12.8 Å². The highest BCUT2D eigenvalue weighted by Crippen LogP contribution is 2.35. The van der Waals surface area contributed by atoms with Crippen LogP contribution in [0.3, 0.4) is 0 Å². The zero-order chi connectivity index (χ0) is 11.0. The van der Waals surface area contributed by atoms with E-state index < -0.39 is 4.92 Å². The van der Waals surface area contributed by atoms with E-state index in [9.17, 15) is 14.9 Å². The second kappa shape index (κ2) is 3.30. The van der Waals surface area contributed by atoms with Crippen molar-refractivity contribution in [3.05, 3.63) is 28.1 Å². The molecule has 6 nitrogen and oxygen atoms in total. The van der Waals surface area contributed by atoms with Gasteiger partial charge in [-0.25, -0.2) is 4.98 Å².